The minimum atomic E-state index is -0.770. The number of methoxy groups -OCH3 is 2. The van der Waals surface area contributed by atoms with Crippen LogP contribution in [0.4, 0.5) is 0 Å². The molecule has 0 unspecified atom stereocenters. The predicted octanol–water partition coefficient (Wildman–Crippen LogP) is 28.2. The lowest BCUT2D eigenvalue weighted by molar-refractivity contribution is -0.0470. The Bertz CT molecular complexity index is 2690. The molecule has 7 rings (SSSR count). The van der Waals surface area contributed by atoms with E-state index in [9.17, 15) is 5.11 Å². The van der Waals surface area contributed by atoms with Gasteiger partial charge in [0.05, 0.1) is 17.8 Å². The Morgan fingerprint density at radius 1 is 0.371 bits per heavy atom. The van der Waals surface area contributed by atoms with Crippen LogP contribution in [0, 0.1) is 37.9 Å². The van der Waals surface area contributed by atoms with Gasteiger partial charge in [-0.15, -0.1) is 11.3 Å². The molecule has 0 aliphatic heterocycles. The van der Waals surface area contributed by atoms with Crippen molar-refractivity contribution in [2.24, 2.45) is 37.9 Å². The summed E-state index contributed by atoms with van der Waals surface area (Å²) in [6.45, 7) is 48.3. The summed E-state index contributed by atoms with van der Waals surface area (Å²) in [5.41, 5.74) is 8.30. The number of benzene rings is 5. The Balaban J connectivity index is -0.000000131. The summed E-state index contributed by atoms with van der Waals surface area (Å²) in [7, 11) is 12.1. The Kier molecular flexibility index (Phi) is 58.0. The van der Waals surface area contributed by atoms with Gasteiger partial charge in [-0.25, -0.2) is 0 Å². The van der Waals surface area contributed by atoms with Crippen molar-refractivity contribution >= 4 is 11.3 Å². The van der Waals surface area contributed by atoms with Crippen LogP contribution in [0.5, 0.6) is 0 Å². The molecule has 2 heterocycles. The smallest absolute Gasteiger partial charge is 0.0916 e. The molecule has 0 saturated heterocycles. The highest BCUT2D eigenvalue weighted by atomic mass is 32.1. The van der Waals surface area contributed by atoms with Crippen LogP contribution >= 0.6 is 11.3 Å². The maximum Gasteiger partial charge on any atom is 0.0916 e. The first kappa shape index (κ1) is 110. The van der Waals surface area contributed by atoms with Crippen LogP contribution < -0.4 is 0 Å². The molecule has 5 atom stereocenters. The largest absolute Gasteiger partial charge is 0.385 e. The third kappa shape index (κ3) is 44.5. The van der Waals surface area contributed by atoms with E-state index in [0.717, 1.165) is 12.0 Å². The summed E-state index contributed by atoms with van der Waals surface area (Å²) in [6.07, 6.45) is 6.39. The highest BCUT2D eigenvalue weighted by molar-refractivity contribution is 7.09. The third-order valence-electron chi connectivity index (χ3n) is 14.7. The van der Waals surface area contributed by atoms with Crippen molar-refractivity contribution in [3.63, 3.8) is 0 Å². The first-order valence-electron chi connectivity index (χ1n) is 31.7. The van der Waals surface area contributed by atoms with E-state index in [1.54, 1.807) is 14.2 Å². The summed E-state index contributed by atoms with van der Waals surface area (Å²) in [5, 5.41) is 12.5. The molecule has 7 aromatic rings. The van der Waals surface area contributed by atoms with Gasteiger partial charge < -0.3 is 24.4 Å². The molecular weight excluding hydrogens is 1200 g/mol. The molecule has 97 heavy (non-hydrogen) atoms. The molecule has 0 saturated carbocycles. The van der Waals surface area contributed by atoms with E-state index < -0.39 is 5.60 Å². The van der Waals surface area contributed by atoms with E-state index in [1.807, 2.05) is 124 Å². The molecule has 0 aliphatic rings. The number of hydrogen-bond acceptors (Lipinski definition) is 7. The maximum absolute atomic E-state index is 10.3. The molecular formula is C90H161N3O3S. The van der Waals surface area contributed by atoms with Crippen molar-refractivity contribution in [2.75, 3.05) is 42.4 Å². The number of pyridine rings is 1. The Morgan fingerprint density at radius 2 is 0.670 bits per heavy atom. The zero-order chi connectivity index (χ0) is 67.4. The highest BCUT2D eigenvalue weighted by Crippen LogP contribution is 2.40. The number of thiophene rings is 1. The Morgan fingerprint density at radius 3 is 0.887 bits per heavy atom. The fourth-order valence-electron chi connectivity index (χ4n) is 10.9. The van der Waals surface area contributed by atoms with Crippen LogP contribution in [-0.2, 0) is 27.9 Å². The van der Waals surface area contributed by atoms with Crippen molar-refractivity contribution in [3.8, 4) is 0 Å². The third-order valence-corrected chi connectivity index (χ3v) is 15.6. The number of aliphatic hydroxyl groups is 1. The van der Waals surface area contributed by atoms with Crippen LogP contribution in [0.15, 0.2) is 194 Å². The van der Waals surface area contributed by atoms with Crippen LogP contribution in [0.2, 0.25) is 0 Å². The molecule has 1 N–H and O–H groups in total. The molecule has 5 aromatic carbocycles. The van der Waals surface area contributed by atoms with Gasteiger partial charge in [0.2, 0.25) is 0 Å². The van der Waals surface area contributed by atoms with E-state index in [-0.39, 0.29) is 106 Å². The summed E-state index contributed by atoms with van der Waals surface area (Å²) < 4.78 is 11.0. The molecule has 0 aliphatic carbocycles. The topological polar surface area (TPSA) is 58.1 Å². The predicted molar refractivity (Wildman–Crippen MR) is 447 cm³/mol. The van der Waals surface area contributed by atoms with E-state index in [1.165, 1.54) is 39.1 Å². The second-order valence-corrected chi connectivity index (χ2v) is 32.7. The molecule has 560 valence electrons. The fraction of sp³-hybridized carbons (Fsp3) is 0.567. The fourth-order valence-corrected chi connectivity index (χ4v) is 11.9. The van der Waals surface area contributed by atoms with Crippen LogP contribution in [0.25, 0.3) is 0 Å². The average Bonchev–Trinajstić information content (AvgIpc) is 1.12. The van der Waals surface area contributed by atoms with Crippen molar-refractivity contribution in [1.29, 1.82) is 0 Å². The summed E-state index contributed by atoms with van der Waals surface area (Å²) >= 11 is 1.85. The standard InChI is InChI=1S/2C13H21N.3C12H18O.C10H15N.C9H14S.9CH4/c2*1-13(2,3)12(14(4)5)11-9-7-6-8-10-11;2*1-12(2,3)11(13-4)10-8-6-5-7-9-10;1-11(2,3)12(4,13)10-8-6-5-7-9-10;1-10(2,3)7-9-5-4-6-11-8-9;1-9(2,3)7-8-5-4-6-10-8;;;;;;;;;/h2*6-10,12H,1-5H3;2*5-9,11H,1-4H3;5-9,13H,1-4H3;4-6,8H,7H2,1-3H3;4-6H,7H2,1-3H3;9*1H4/t2*12-;2*11-;12-;;;;;;;;;;;/m10101.........../s1. The van der Waals surface area contributed by atoms with Crippen molar-refractivity contribution in [3.05, 3.63) is 232 Å². The lowest BCUT2D eigenvalue weighted by atomic mass is 9.74. The monoisotopic (exact) mass is 1360 g/mol. The maximum atomic E-state index is 10.3. The van der Waals surface area contributed by atoms with Crippen LogP contribution in [0.3, 0.4) is 0 Å². The molecule has 6 nitrogen and oxygen atoms in total. The van der Waals surface area contributed by atoms with Crippen LogP contribution in [-0.4, -0.2) is 62.3 Å². The van der Waals surface area contributed by atoms with E-state index in [4.69, 9.17) is 9.47 Å². The minimum Gasteiger partial charge on any atom is -0.385 e. The average molecular weight is 1370 g/mol. The van der Waals surface area contributed by atoms with Gasteiger partial charge in [-0.3, -0.25) is 4.98 Å². The quantitative estimate of drug-likeness (QED) is 0.139. The molecule has 0 spiro atoms. The van der Waals surface area contributed by atoms with E-state index in [2.05, 4.69) is 276 Å². The number of nitrogens with zero attached hydrogens (tertiary/aromatic N) is 3. The normalized spacial score (nSPS) is 12.7. The Labute approximate surface area is 611 Å². The van der Waals surface area contributed by atoms with Gasteiger partial charge in [0.15, 0.2) is 0 Å². The zero-order valence-electron chi connectivity index (χ0n) is 60.7. The first-order chi connectivity index (χ1) is 40.5. The second-order valence-electron chi connectivity index (χ2n) is 31.7. The lowest BCUT2D eigenvalue weighted by Gasteiger charge is -2.37. The van der Waals surface area contributed by atoms with E-state index in [0.29, 0.717) is 22.9 Å². The Hall–Kier alpha value is -5.25. The van der Waals surface area contributed by atoms with Crippen molar-refractivity contribution in [1.82, 2.24) is 14.8 Å². The number of ether oxygens (including phenoxy) is 2. The summed E-state index contributed by atoms with van der Waals surface area (Å²) in [4.78, 5) is 10.1. The molecule has 7 heteroatoms. The van der Waals surface area contributed by atoms with Gasteiger partial charge in [-0.1, -0.05) is 376 Å². The lowest BCUT2D eigenvalue weighted by Crippen LogP contribution is -2.36. The van der Waals surface area contributed by atoms with Crippen LogP contribution in [0.1, 0.15) is 282 Å². The molecule has 0 radical (unpaired) electrons. The van der Waals surface area contributed by atoms with Crippen molar-refractivity contribution in [2.45, 2.75) is 262 Å². The van der Waals surface area contributed by atoms with Gasteiger partial charge in [0, 0.05) is 43.6 Å². The van der Waals surface area contributed by atoms with E-state index >= 15 is 0 Å². The van der Waals surface area contributed by atoms with Gasteiger partial charge in [0.1, 0.15) is 0 Å². The summed E-state index contributed by atoms with van der Waals surface area (Å²) in [5.74, 6) is 0. The molecule has 0 bridgehead atoms. The van der Waals surface area contributed by atoms with Gasteiger partial charge >= 0.3 is 0 Å². The number of rotatable bonds is 11. The van der Waals surface area contributed by atoms with Gasteiger partial charge in [0.25, 0.3) is 0 Å². The minimum absolute atomic E-state index is 0. The molecule has 0 amide bonds. The molecule has 0 fully saturated rings. The summed E-state index contributed by atoms with van der Waals surface area (Å²) in [6, 6.07) is 61.3. The van der Waals surface area contributed by atoms with Gasteiger partial charge in [-0.05, 0) is 137 Å². The zero-order valence-corrected chi connectivity index (χ0v) is 61.5. The van der Waals surface area contributed by atoms with Crippen molar-refractivity contribution < 1.29 is 14.6 Å². The highest BCUT2D eigenvalue weighted by Gasteiger charge is 2.37. The SMILES string of the molecule is C.C.C.C.C.C.C.C.C.CC(C)(C)Cc1cccnc1.CC(C)(C)Cc1cccs1.CC(C)(C)[C@](C)(O)c1ccccc1.CN(C)[C@@H](c1ccccc1)C(C)(C)C.CN(C)[C@H](c1ccccc1)C(C)(C)C.CO[C@@H](c1ccccc1)C(C)(C)C.CO[C@H](c1ccccc1)C(C)(C)C. The molecule has 2 aromatic heterocycles. The number of hydrogen-bond donors (Lipinski definition) is 1. The first-order valence-corrected chi connectivity index (χ1v) is 32.6. The second kappa shape index (κ2) is 51.0. The number of aromatic nitrogens is 1. The van der Waals surface area contributed by atoms with Gasteiger partial charge in [-0.2, -0.15) is 0 Å².